The molecule has 2 aliphatic rings. The van der Waals surface area contributed by atoms with Crippen molar-refractivity contribution in [3.63, 3.8) is 0 Å². The molecule has 3 atom stereocenters. The van der Waals surface area contributed by atoms with E-state index in [1.54, 1.807) is 6.92 Å². The second-order valence-electron chi connectivity index (χ2n) is 3.12. The molecule has 5 nitrogen and oxygen atoms in total. The topological polar surface area (TPSA) is 66.7 Å². The average molecular weight is 187 g/mol. The Morgan fingerprint density at radius 3 is 3.15 bits per heavy atom. The highest BCUT2D eigenvalue weighted by Gasteiger charge is 2.50. The fourth-order valence-corrected chi connectivity index (χ4v) is 1.48. The van der Waals surface area contributed by atoms with Gasteiger partial charge >= 0.3 is 5.97 Å². The fourth-order valence-electron chi connectivity index (χ4n) is 1.48. The van der Waals surface area contributed by atoms with E-state index in [0.717, 1.165) is 0 Å². The first-order valence-electron chi connectivity index (χ1n) is 4.45. The van der Waals surface area contributed by atoms with Gasteiger partial charge < -0.3 is 14.2 Å². The van der Waals surface area contributed by atoms with E-state index in [1.165, 1.54) is 0 Å². The van der Waals surface area contributed by atoms with E-state index in [9.17, 15) is 4.79 Å². The van der Waals surface area contributed by atoms with Crippen LogP contribution in [0.25, 0.3) is 0 Å². The summed E-state index contributed by atoms with van der Waals surface area (Å²) in [6.45, 7) is 3.11. The molecule has 1 N–H and O–H groups in total. The normalized spacial score (nSPS) is 37.5. The zero-order valence-corrected chi connectivity index (χ0v) is 7.49. The number of hydrogen-bond acceptors (Lipinski definition) is 5. The largest absolute Gasteiger partial charge is 0.465 e. The van der Waals surface area contributed by atoms with Crippen molar-refractivity contribution in [2.24, 2.45) is 0 Å². The SMILES string of the molecule is CCOC(=O)[C@@H]1N[C@H]1[C@H]1COCO1. The van der Waals surface area contributed by atoms with Crippen LogP contribution in [-0.4, -0.2) is 44.2 Å². The Labute approximate surface area is 76.3 Å². The van der Waals surface area contributed by atoms with Crippen LogP contribution in [0, 0.1) is 0 Å². The van der Waals surface area contributed by atoms with Crippen molar-refractivity contribution < 1.29 is 19.0 Å². The second kappa shape index (κ2) is 3.61. The van der Waals surface area contributed by atoms with Crippen molar-refractivity contribution in [3.05, 3.63) is 0 Å². The van der Waals surface area contributed by atoms with Crippen molar-refractivity contribution >= 4 is 5.97 Å². The lowest BCUT2D eigenvalue weighted by atomic mass is 10.2. The van der Waals surface area contributed by atoms with E-state index in [-0.39, 0.29) is 24.2 Å². The number of carbonyl (C=O) groups is 1. The molecule has 0 spiro atoms. The lowest BCUT2D eigenvalue weighted by Gasteiger charge is -2.03. The molecule has 0 unspecified atom stereocenters. The minimum atomic E-state index is -0.192. The van der Waals surface area contributed by atoms with E-state index in [4.69, 9.17) is 14.2 Å². The van der Waals surface area contributed by atoms with E-state index in [2.05, 4.69) is 5.32 Å². The summed E-state index contributed by atoms with van der Waals surface area (Å²) in [6, 6.07) is -0.104. The van der Waals surface area contributed by atoms with Gasteiger partial charge in [0.05, 0.1) is 19.3 Å². The van der Waals surface area contributed by atoms with Crippen LogP contribution in [0.5, 0.6) is 0 Å². The van der Waals surface area contributed by atoms with Crippen LogP contribution >= 0.6 is 0 Å². The monoisotopic (exact) mass is 187 g/mol. The molecule has 0 aromatic heterocycles. The first kappa shape index (κ1) is 8.93. The van der Waals surface area contributed by atoms with Gasteiger partial charge in [0, 0.05) is 0 Å². The Bertz CT molecular complexity index is 202. The highest BCUT2D eigenvalue weighted by Crippen LogP contribution is 2.22. The minimum absolute atomic E-state index is 0.00871. The number of hydrogen-bond donors (Lipinski definition) is 1. The van der Waals surface area contributed by atoms with Crippen molar-refractivity contribution in [3.8, 4) is 0 Å². The highest BCUT2D eigenvalue weighted by atomic mass is 16.7. The molecular formula is C8H13NO4. The summed E-state index contributed by atoms with van der Waals surface area (Å²) in [7, 11) is 0. The highest BCUT2D eigenvalue weighted by molar-refractivity contribution is 5.80. The smallest absolute Gasteiger partial charge is 0.324 e. The average Bonchev–Trinajstić information content (AvgIpc) is 2.74. The molecule has 5 heteroatoms. The summed E-state index contributed by atoms with van der Waals surface area (Å²) >= 11 is 0. The predicted molar refractivity (Wildman–Crippen MR) is 43.0 cm³/mol. The van der Waals surface area contributed by atoms with Gasteiger partial charge in [-0.1, -0.05) is 0 Å². The first-order chi connectivity index (χ1) is 6.33. The Hall–Kier alpha value is -0.650. The third-order valence-electron chi connectivity index (χ3n) is 2.21. The van der Waals surface area contributed by atoms with Crippen LogP contribution in [0.3, 0.4) is 0 Å². The first-order valence-corrected chi connectivity index (χ1v) is 4.45. The van der Waals surface area contributed by atoms with Crippen molar-refractivity contribution in [1.82, 2.24) is 5.32 Å². The van der Waals surface area contributed by atoms with Crippen LogP contribution in [0.15, 0.2) is 0 Å². The molecule has 2 rings (SSSR count). The summed E-state index contributed by atoms with van der Waals surface area (Å²) in [5.74, 6) is -0.192. The van der Waals surface area contributed by atoms with Gasteiger partial charge in [-0.25, -0.2) is 0 Å². The van der Waals surface area contributed by atoms with Gasteiger partial charge in [0.1, 0.15) is 18.9 Å². The summed E-state index contributed by atoms with van der Waals surface area (Å²) in [4.78, 5) is 11.2. The quantitative estimate of drug-likeness (QED) is 0.465. The molecule has 0 aromatic rings. The number of rotatable bonds is 3. The summed E-state index contributed by atoms with van der Waals surface area (Å²) in [6.07, 6.45) is 0.00871. The van der Waals surface area contributed by atoms with Crippen LogP contribution in [0.2, 0.25) is 0 Å². The molecule has 0 saturated carbocycles. The summed E-state index contributed by atoms with van der Waals surface area (Å²) in [5, 5.41) is 3.02. The van der Waals surface area contributed by atoms with Crippen LogP contribution in [0.4, 0.5) is 0 Å². The molecule has 2 aliphatic heterocycles. The Morgan fingerprint density at radius 2 is 2.54 bits per heavy atom. The molecule has 2 heterocycles. The van der Waals surface area contributed by atoms with E-state index in [1.807, 2.05) is 0 Å². The lowest BCUT2D eigenvalue weighted by molar-refractivity contribution is -0.142. The maximum atomic E-state index is 11.2. The Morgan fingerprint density at radius 1 is 1.69 bits per heavy atom. The zero-order chi connectivity index (χ0) is 9.26. The van der Waals surface area contributed by atoms with Gasteiger partial charge in [-0.15, -0.1) is 0 Å². The Balaban J connectivity index is 1.77. The number of carbonyl (C=O) groups excluding carboxylic acids is 1. The van der Waals surface area contributed by atoms with Gasteiger partial charge in [0.15, 0.2) is 0 Å². The molecular weight excluding hydrogens is 174 g/mol. The molecule has 2 fully saturated rings. The molecule has 13 heavy (non-hydrogen) atoms. The van der Waals surface area contributed by atoms with Gasteiger partial charge in [-0.2, -0.15) is 0 Å². The molecule has 2 saturated heterocycles. The maximum Gasteiger partial charge on any atom is 0.324 e. The molecule has 0 aliphatic carbocycles. The summed E-state index contributed by atoms with van der Waals surface area (Å²) in [5.41, 5.74) is 0. The number of esters is 1. The molecule has 0 bridgehead atoms. The second-order valence-corrected chi connectivity index (χ2v) is 3.12. The van der Waals surface area contributed by atoms with E-state index >= 15 is 0 Å². The van der Waals surface area contributed by atoms with Gasteiger partial charge in [-0.3, -0.25) is 10.1 Å². The number of nitrogens with one attached hydrogen (secondary N) is 1. The van der Waals surface area contributed by atoms with Crippen LogP contribution in [-0.2, 0) is 19.0 Å². The molecule has 0 amide bonds. The van der Waals surface area contributed by atoms with Crippen molar-refractivity contribution in [2.45, 2.75) is 25.1 Å². The zero-order valence-electron chi connectivity index (χ0n) is 7.49. The van der Waals surface area contributed by atoms with Gasteiger partial charge in [-0.05, 0) is 6.92 Å². The Kier molecular flexibility index (Phi) is 2.48. The van der Waals surface area contributed by atoms with Crippen LogP contribution < -0.4 is 5.32 Å². The van der Waals surface area contributed by atoms with Crippen LogP contribution in [0.1, 0.15) is 6.92 Å². The molecule has 0 radical (unpaired) electrons. The van der Waals surface area contributed by atoms with E-state index in [0.29, 0.717) is 20.0 Å². The molecule has 0 aromatic carbocycles. The van der Waals surface area contributed by atoms with Gasteiger partial charge in [0.25, 0.3) is 0 Å². The van der Waals surface area contributed by atoms with Crippen molar-refractivity contribution in [1.29, 1.82) is 0 Å². The summed E-state index contributed by atoms with van der Waals surface area (Å²) < 4.78 is 15.1. The third kappa shape index (κ3) is 1.82. The number of ether oxygens (including phenoxy) is 3. The minimum Gasteiger partial charge on any atom is -0.465 e. The van der Waals surface area contributed by atoms with Crippen molar-refractivity contribution in [2.75, 3.05) is 20.0 Å². The third-order valence-corrected chi connectivity index (χ3v) is 2.21. The fraction of sp³-hybridized carbons (Fsp3) is 0.875. The predicted octanol–water partition coefficient (Wildman–Crippen LogP) is -0.737. The lowest BCUT2D eigenvalue weighted by Crippen LogP contribution is -2.23. The molecule has 74 valence electrons. The maximum absolute atomic E-state index is 11.2. The standard InChI is InChI=1S/C8H13NO4/c1-2-12-8(10)7-6(9-7)5-3-11-4-13-5/h5-7,9H,2-4H2,1H3/t5-,6+,7-/m1/s1. The van der Waals surface area contributed by atoms with Gasteiger partial charge in [0.2, 0.25) is 0 Å². The van der Waals surface area contributed by atoms with E-state index < -0.39 is 0 Å².